The van der Waals surface area contributed by atoms with Gasteiger partial charge in [-0.05, 0) is 109 Å². The molecule has 2 aliphatic rings. The van der Waals surface area contributed by atoms with Gasteiger partial charge in [0.25, 0.3) is 0 Å². The van der Waals surface area contributed by atoms with E-state index in [2.05, 4.69) is 22.3 Å². The van der Waals surface area contributed by atoms with Crippen LogP contribution in [0.15, 0.2) is 60.7 Å². The number of fused-ring (bicyclic) bond motifs is 1. The number of hydrogen-bond donors (Lipinski definition) is 1. The zero-order valence-electron chi connectivity index (χ0n) is 24.1. The Morgan fingerprint density at radius 1 is 1.02 bits per heavy atom. The van der Waals surface area contributed by atoms with E-state index >= 15 is 0 Å². The minimum atomic E-state index is -0.912. The van der Waals surface area contributed by atoms with Crippen molar-refractivity contribution in [1.29, 1.82) is 0 Å². The second-order valence-electron chi connectivity index (χ2n) is 10.8. The normalized spacial score (nSPS) is 16.9. The molecule has 1 amide bonds. The van der Waals surface area contributed by atoms with Crippen LogP contribution in [0, 0.1) is 0 Å². The van der Waals surface area contributed by atoms with E-state index in [0.29, 0.717) is 22.2 Å². The number of aryl methyl sites for hydroxylation is 1. The topological polar surface area (TPSA) is 67.9 Å². The lowest BCUT2D eigenvalue weighted by Crippen LogP contribution is -2.26. The van der Waals surface area contributed by atoms with Gasteiger partial charge >= 0.3 is 11.9 Å². The molecule has 1 aliphatic carbocycles. The van der Waals surface area contributed by atoms with E-state index < -0.39 is 11.9 Å². The molecule has 1 fully saturated rings. The molecule has 5 rings (SSSR count). The lowest BCUT2D eigenvalue weighted by atomic mass is 9.87. The van der Waals surface area contributed by atoms with Crippen LogP contribution >= 0.6 is 23.2 Å². The predicted molar refractivity (Wildman–Crippen MR) is 170 cm³/mol. The number of nitrogens with one attached hydrogen (secondary N) is 1. The van der Waals surface area contributed by atoms with E-state index in [0.717, 1.165) is 84.5 Å². The fourth-order valence-electron chi connectivity index (χ4n) is 5.85. The van der Waals surface area contributed by atoms with Gasteiger partial charge in [0.15, 0.2) is 0 Å². The predicted octanol–water partition coefficient (Wildman–Crippen LogP) is 7.60. The molecule has 0 spiro atoms. The number of nitrogens with zero attached hydrogens (tertiary/aromatic N) is 1. The lowest BCUT2D eigenvalue weighted by molar-refractivity contribution is -0.152. The van der Waals surface area contributed by atoms with Gasteiger partial charge in [0.2, 0.25) is 0 Å². The molecule has 1 atom stereocenters. The number of carbonyl (C=O) groups excluding carboxylic acids is 2. The summed E-state index contributed by atoms with van der Waals surface area (Å²) in [7, 11) is 0. The first-order chi connectivity index (χ1) is 20.9. The maximum atomic E-state index is 12.6. The fraction of sp³-hybridized carbons (Fsp3) is 0.353. The van der Waals surface area contributed by atoms with Crippen molar-refractivity contribution in [2.75, 3.05) is 38.2 Å². The van der Waals surface area contributed by atoms with Crippen molar-refractivity contribution in [3.63, 3.8) is 0 Å². The fourth-order valence-corrected chi connectivity index (χ4v) is 6.37. The summed E-state index contributed by atoms with van der Waals surface area (Å²) in [6.45, 7) is 3.96. The minimum absolute atomic E-state index is 0.0787. The molecular formula is C34H35Cl2FN2O4. The third-order valence-corrected chi connectivity index (χ3v) is 8.35. The molecular weight excluding hydrogens is 590 g/mol. The first kappa shape index (κ1) is 31.0. The summed E-state index contributed by atoms with van der Waals surface area (Å²) in [5, 5.41) is 3.82. The summed E-state index contributed by atoms with van der Waals surface area (Å²) >= 11 is 13.0. The number of benzene rings is 3. The minimum Gasteiger partial charge on any atom is -0.489 e. The summed E-state index contributed by atoms with van der Waals surface area (Å²) in [5.74, 6) is -0.924. The summed E-state index contributed by atoms with van der Waals surface area (Å²) < 4.78 is 23.7. The molecule has 1 N–H and O–H groups in total. The van der Waals surface area contributed by atoms with Crippen LogP contribution in [0.25, 0.3) is 11.1 Å². The number of alkyl halides is 1. The average molecular weight is 626 g/mol. The lowest BCUT2D eigenvalue weighted by Gasteiger charge is -2.19. The molecule has 1 heterocycles. The van der Waals surface area contributed by atoms with Crippen molar-refractivity contribution in [2.45, 2.75) is 45.1 Å². The summed E-state index contributed by atoms with van der Waals surface area (Å²) in [5.41, 5.74) is 6.70. The molecule has 43 heavy (non-hydrogen) atoms. The highest BCUT2D eigenvalue weighted by atomic mass is 35.5. The van der Waals surface area contributed by atoms with Gasteiger partial charge in [0.1, 0.15) is 11.9 Å². The molecule has 0 aromatic heterocycles. The molecule has 9 heteroatoms. The van der Waals surface area contributed by atoms with Crippen LogP contribution in [0.2, 0.25) is 10.0 Å². The van der Waals surface area contributed by atoms with Gasteiger partial charge < -0.3 is 14.8 Å². The van der Waals surface area contributed by atoms with Gasteiger partial charge in [-0.25, -0.2) is 4.79 Å². The highest BCUT2D eigenvalue weighted by molar-refractivity contribution is 6.37. The van der Waals surface area contributed by atoms with Crippen molar-refractivity contribution < 1.29 is 23.5 Å². The number of amides is 1. The summed E-state index contributed by atoms with van der Waals surface area (Å²) in [4.78, 5) is 26.4. The van der Waals surface area contributed by atoms with Gasteiger partial charge in [-0.1, -0.05) is 47.5 Å². The molecule has 0 bridgehead atoms. The molecule has 0 unspecified atom stereocenters. The highest BCUT2D eigenvalue weighted by Gasteiger charge is 2.25. The van der Waals surface area contributed by atoms with E-state index in [1.807, 2.05) is 36.4 Å². The van der Waals surface area contributed by atoms with Crippen LogP contribution in [-0.4, -0.2) is 55.8 Å². The number of hydrogen-bond acceptors (Lipinski definition) is 5. The van der Waals surface area contributed by atoms with Gasteiger partial charge in [-0.3, -0.25) is 14.1 Å². The Hall–Kier alpha value is -3.39. The number of likely N-dealkylation sites (tertiary alicyclic amines) is 1. The largest absolute Gasteiger partial charge is 0.489 e. The number of esters is 1. The molecule has 6 nitrogen and oxygen atoms in total. The van der Waals surface area contributed by atoms with Crippen LogP contribution in [-0.2, 0) is 20.7 Å². The van der Waals surface area contributed by atoms with Crippen LogP contribution in [0.4, 0.5) is 10.1 Å². The zero-order chi connectivity index (χ0) is 30.3. The summed E-state index contributed by atoms with van der Waals surface area (Å²) in [6.07, 6.45) is 3.97. The third kappa shape index (κ3) is 7.58. The Kier molecular flexibility index (Phi) is 10.4. The van der Waals surface area contributed by atoms with E-state index in [1.54, 1.807) is 19.1 Å². The van der Waals surface area contributed by atoms with Crippen LogP contribution in [0.5, 0.6) is 5.75 Å². The first-order valence-electron chi connectivity index (χ1n) is 14.7. The Bertz CT molecular complexity index is 1510. The van der Waals surface area contributed by atoms with E-state index in [4.69, 9.17) is 32.7 Å². The number of halogens is 3. The van der Waals surface area contributed by atoms with Crippen LogP contribution in [0.1, 0.15) is 54.9 Å². The number of allylic oxidation sites excluding steroid dienone is 1. The molecule has 3 aromatic rings. The molecule has 1 aliphatic heterocycles. The van der Waals surface area contributed by atoms with Gasteiger partial charge in [-0.2, -0.15) is 0 Å². The maximum absolute atomic E-state index is 12.6. The maximum Gasteiger partial charge on any atom is 0.397 e. The van der Waals surface area contributed by atoms with Gasteiger partial charge in [-0.15, -0.1) is 0 Å². The second-order valence-corrected chi connectivity index (χ2v) is 11.6. The van der Waals surface area contributed by atoms with E-state index in [1.165, 1.54) is 0 Å². The number of ether oxygens (including phenoxy) is 2. The first-order valence-corrected chi connectivity index (χ1v) is 15.5. The monoisotopic (exact) mass is 624 g/mol. The van der Waals surface area contributed by atoms with Crippen molar-refractivity contribution in [3.05, 3.63) is 93.0 Å². The third-order valence-electron chi connectivity index (χ3n) is 7.81. The number of anilines is 1. The Labute approximate surface area is 261 Å². The SMILES string of the molecule is CCOC(=O)C(=O)Nc1ccc2c(c1)CCCC(c1ccc(Cl)cc1Cl)=C2c1ccc(O[C@H]2CCN(CCCF)C2)cc1. The van der Waals surface area contributed by atoms with E-state index in [-0.39, 0.29) is 19.4 Å². The zero-order valence-corrected chi connectivity index (χ0v) is 25.6. The van der Waals surface area contributed by atoms with Crippen molar-refractivity contribution >= 4 is 51.9 Å². The van der Waals surface area contributed by atoms with Gasteiger partial charge in [0, 0.05) is 35.4 Å². The van der Waals surface area contributed by atoms with Crippen molar-refractivity contribution in [1.82, 2.24) is 4.90 Å². The summed E-state index contributed by atoms with van der Waals surface area (Å²) in [6, 6.07) is 19.4. The quantitative estimate of drug-likeness (QED) is 0.196. The van der Waals surface area contributed by atoms with E-state index in [9.17, 15) is 14.0 Å². The average Bonchev–Trinajstić information content (AvgIpc) is 3.35. The molecule has 1 saturated heterocycles. The van der Waals surface area contributed by atoms with Crippen molar-refractivity contribution in [2.24, 2.45) is 0 Å². The Morgan fingerprint density at radius 2 is 1.81 bits per heavy atom. The number of rotatable bonds is 9. The molecule has 0 radical (unpaired) electrons. The molecule has 226 valence electrons. The number of carbonyl (C=O) groups is 2. The molecule has 0 saturated carbocycles. The Balaban J connectivity index is 1.48. The van der Waals surface area contributed by atoms with Crippen LogP contribution in [0.3, 0.4) is 0 Å². The highest BCUT2D eigenvalue weighted by Crippen LogP contribution is 2.43. The Morgan fingerprint density at radius 3 is 2.56 bits per heavy atom. The van der Waals surface area contributed by atoms with Crippen LogP contribution < -0.4 is 10.1 Å². The molecule has 3 aromatic carbocycles. The standard InChI is InChI=1S/C34H35Cl2FN2O4/c1-2-42-34(41)33(40)38-25-10-14-28-23(19-25)5-3-6-30(29-13-9-24(35)20-31(29)36)32(28)22-7-11-26(12-8-22)43-27-15-18-39(21-27)17-4-16-37/h7-14,19-20,27H,2-6,15-18,21H2,1H3,(H,38,40)/t27-/m0/s1. The van der Waals surface area contributed by atoms with Crippen molar-refractivity contribution in [3.8, 4) is 5.75 Å². The second kappa shape index (κ2) is 14.4. The van der Waals surface area contributed by atoms with Gasteiger partial charge in [0.05, 0.1) is 13.3 Å². The smallest absolute Gasteiger partial charge is 0.397 e.